The van der Waals surface area contributed by atoms with Gasteiger partial charge in [-0.3, -0.25) is 0 Å². The molecular weight excluding hydrogens is 204 g/mol. The van der Waals surface area contributed by atoms with E-state index in [9.17, 15) is 0 Å². The molecule has 0 atom stereocenters. The molecule has 0 aromatic rings. The maximum atomic E-state index is 5.50. The summed E-state index contributed by atoms with van der Waals surface area (Å²) in [7, 11) is 4.13. The molecule has 0 aromatic carbocycles. The van der Waals surface area contributed by atoms with Gasteiger partial charge in [0, 0.05) is 26.2 Å². The van der Waals surface area contributed by atoms with Crippen molar-refractivity contribution in [2.75, 3.05) is 46.9 Å². The highest BCUT2D eigenvalue weighted by atomic mass is 16.7. The van der Waals surface area contributed by atoms with Crippen LogP contribution in [0.2, 0.25) is 0 Å². The zero-order valence-electron chi connectivity index (χ0n) is 11.3. The second-order valence-electron chi connectivity index (χ2n) is 3.89. The van der Waals surface area contributed by atoms with Crippen molar-refractivity contribution in [3.05, 3.63) is 0 Å². The molecular formula is C12H28N2O2. The minimum Gasteiger partial charge on any atom is -0.353 e. The van der Waals surface area contributed by atoms with Gasteiger partial charge in [0.2, 0.25) is 0 Å². The Morgan fingerprint density at radius 3 is 2.25 bits per heavy atom. The first-order valence-corrected chi connectivity index (χ1v) is 6.30. The molecule has 0 bridgehead atoms. The van der Waals surface area contributed by atoms with E-state index in [2.05, 4.69) is 17.3 Å². The second kappa shape index (κ2) is 11.3. The highest BCUT2D eigenvalue weighted by molar-refractivity contribution is 4.55. The van der Waals surface area contributed by atoms with Crippen LogP contribution >= 0.6 is 0 Å². The third kappa shape index (κ3) is 9.09. The molecule has 0 aliphatic rings. The molecule has 0 heterocycles. The predicted molar refractivity (Wildman–Crippen MR) is 67.7 cm³/mol. The highest BCUT2D eigenvalue weighted by Crippen LogP contribution is 2.02. The van der Waals surface area contributed by atoms with Crippen LogP contribution in [0.25, 0.3) is 0 Å². The molecule has 0 unspecified atom stereocenters. The molecule has 0 spiro atoms. The van der Waals surface area contributed by atoms with Crippen molar-refractivity contribution < 1.29 is 9.47 Å². The summed E-state index contributed by atoms with van der Waals surface area (Å²) in [6, 6.07) is 0. The van der Waals surface area contributed by atoms with E-state index in [0.29, 0.717) is 13.2 Å². The van der Waals surface area contributed by atoms with Crippen molar-refractivity contribution in [2.24, 2.45) is 0 Å². The Labute approximate surface area is 100 Å². The first-order valence-electron chi connectivity index (χ1n) is 6.30. The molecule has 0 saturated heterocycles. The highest BCUT2D eigenvalue weighted by Gasteiger charge is 2.08. The van der Waals surface area contributed by atoms with Crippen LogP contribution in [0.5, 0.6) is 0 Å². The largest absolute Gasteiger partial charge is 0.353 e. The summed E-state index contributed by atoms with van der Waals surface area (Å²) in [4.78, 5) is 2.32. The van der Waals surface area contributed by atoms with E-state index >= 15 is 0 Å². The molecule has 98 valence electrons. The number of hydrogen-bond acceptors (Lipinski definition) is 4. The smallest absolute Gasteiger partial charge is 0.158 e. The van der Waals surface area contributed by atoms with Crippen LogP contribution < -0.4 is 5.32 Å². The molecule has 16 heavy (non-hydrogen) atoms. The Bertz CT molecular complexity index is 139. The molecule has 0 aliphatic heterocycles. The minimum atomic E-state index is -0.0400. The fourth-order valence-electron chi connectivity index (χ4n) is 1.55. The number of ether oxygens (including phenoxy) is 2. The number of rotatable bonds is 11. The molecule has 0 aromatic heterocycles. The van der Waals surface area contributed by atoms with Gasteiger partial charge in [-0.15, -0.1) is 0 Å². The van der Waals surface area contributed by atoms with Gasteiger partial charge >= 0.3 is 0 Å². The van der Waals surface area contributed by atoms with Crippen molar-refractivity contribution in [1.29, 1.82) is 0 Å². The summed E-state index contributed by atoms with van der Waals surface area (Å²) < 4.78 is 11.0. The first-order chi connectivity index (χ1) is 7.74. The monoisotopic (exact) mass is 232 g/mol. The summed E-state index contributed by atoms with van der Waals surface area (Å²) in [5.41, 5.74) is 0. The lowest BCUT2D eigenvalue weighted by Crippen LogP contribution is -2.28. The van der Waals surface area contributed by atoms with E-state index < -0.39 is 0 Å². The fraction of sp³-hybridized carbons (Fsp3) is 1.00. The van der Waals surface area contributed by atoms with Crippen LogP contribution in [0, 0.1) is 0 Å². The predicted octanol–water partition coefficient (Wildman–Crippen LogP) is 1.32. The average Bonchev–Trinajstić information content (AvgIpc) is 2.27. The van der Waals surface area contributed by atoms with E-state index in [0.717, 1.165) is 26.1 Å². The molecule has 1 N–H and O–H groups in total. The number of hydrogen-bond donors (Lipinski definition) is 1. The van der Waals surface area contributed by atoms with Gasteiger partial charge in [0.25, 0.3) is 0 Å². The average molecular weight is 232 g/mol. The molecule has 0 fully saturated rings. The lowest BCUT2D eigenvalue weighted by atomic mass is 10.3. The first kappa shape index (κ1) is 15.8. The Morgan fingerprint density at radius 2 is 1.75 bits per heavy atom. The van der Waals surface area contributed by atoms with E-state index in [1.165, 1.54) is 6.42 Å². The molecule has 0 amide bonds. The van der Waals surface area contributed by atoms with Crippen LogP contribution in [0.3, 0.4) is 0 Å². The topological polar surface area (TPSA) is 33.7 Å². The summed E-state index contributed by atoms with van der Waals surface area (Å²) in [5.74, 6) is 0. The third-order valence-corrected chi connectivity index (χ3v) is 2.42. The van der Waals surface area contributed by atoms with Gasteiger partial charge in [0.1, 0.15) is 0 Å². The van der Waals surface area contributed by atoms with Crippen molar-refractivity contribution >= 4 is 0 Å². The number of nitrogens with zero attached hydrogens (tertiary/aromatic N) is 1. The quantitative estimate of drug-likeness (QED) is 0.430. The van der Waals surface area contributed by atoms with Gasteiger partial charge < -0.3 is 19.7 Å². The zero-order valence-corrected chi connectivity index (χ0v) is 11.3. The molecule has 4 heteroatoms. The van der Waals surface area contributed by atoms with E-state index in [-0.39, 0.29) is 6.29 Å². The Morgan fingerprint density at radius 1 is 1.12 bits per heavy atom. The van der Waals surface area contributed by atoms with E-state index in [1.807, 2.05) is 20.9 Å². The Hall–Kier alpha value is -0.160. The minimum absolute atomic E-state index is 0.0400. The standard InChI is InChI=1S/C12H28N2O2/c1-5-15-12(16-6-2)8-11-14(4)10-7-9-13-3/h12-13H,5-11H2,1-4H3. The lowest BCUT2D eigenvalue weighted by Gasteiger charge is -2.21. The van der Waals surface area contributed by atoms with Gasteiger partial charge in [-0.25, -0.2) is 0 Å². The van der Waals surface area contributed by atoms with E-state index in [1.54, 1.807) is 0 Å². The summed E-state index contributed by atoms with van der Waals surface area (Å²) in [6.45, 7) is 8.65. The second-order valence-corrected chi connectivity index (χ2v) is 3.89. The summed E-state index contributed by atoms with van der Waals surface area (Å²) in [5, 5.41) is 3.15. The van der Waals surface area contributed by atoms with Gasteiger partial charge in [-0.05, 0) is 47.5 Å². The van der Waals surface area contributed by atoms with Crippen LogP contribution in [0.15, 0.2) is 0 Å². The Kier molecular flexibility index (Phi) is 11.2. The van der Waals surface area contributed by atoms with Crippen LogP contribution in [0.4, 0.5) is 0 Å². The fourth-order valence-corrected chi connectivity index (χ4v) is 1.55. The van der Waals surface area contributed by atoms with Crippen molar-refractivity contribution in [3.63, 3.8) is 0 Å². The van der Waals surface area contributed by atoms with E-state index in [4.69, 9.17) is 9.47 Å². The van der Waals surface area contributed by atoms with Crippen LogP contribution in [-0.4, -0.2) is 58.1 Å². The molecule has 0 rings (SSSR count). The van der Waals surface area contributed by atoms with Crippen molar-refractivity contribution in [2.45, 2.75) is 33.0 Å². The molecule has 0 aliphatic carbocycles. The van der Waals surface area contributed by atoms with Crippen LogP contribution in [-0.2, 0) is 9.47 Å². The molecule has 0 radical (unpaired) electrons. The third-order valence-electron chi connectivity index (χ3n) is 2.42. The van der Waals surface area contributed by atoms with Gasteiger partial charge in [-0.1, -0.05) is 0 Å². The molecule has 4 nitrogen and oxygen atoms in total. The van der Waals surface area contributed by atoms with Gasteiger partial charge in [0.15, 0.2) is 6.29 Å². The maximum absolute atomic E-state index is 5.50. The molecule has 0 saturated carbocycles. The SMILES string of the molecule is CCOC(CCN(C)CCCNC)OCC. The summed E-state index contributed by atoms with van der Waals surface area (Å²) >= 11 is 0. The van der Waals surface area contributed by atoms with Gasteiger partial charge in [-0.2, -0.15) is 0 Å². The number of nitrogens with one attached hydrogen (secondary N) is 1. The summed E-state index contributed by atoms with van der Waals surface area (Å²) in [6.07, 6.45) is 2.08. The van der Waals surface area contributed by atoms with Crippen molar-refractivity contribution in [3.8, 4) is 0 Å². The zero-order chi connectivity index (χ0) is 12.2. The van der Waals surface area contributed by atoms with Crippen molar-refractivity contribution in [1.82, 2.24) is 10.2 Å². The normalized spacial score (nSPS) is 11.6. The Balaban J connectivity index is 3.56. The van der Waals surface area contributed by atoms with Gasteiger partial charge in [0.05, 0.1) is 0 Å². The maximum Gasteiger partial charge on any atom is 0.158 e. The lowest BCUT2D eigenvalue weighted by molar-refractivity contribution is -0.141. The van der Waals surface area contributed by atoms with Crippen LogP contribution in [0.1, 0.15) is 26.7 Å².